The molecule has 0 aliphatic rings. The summed E-state index contributed by atoms with van der Waals surface area (Å²) in [6, 6.07) is 8.09. The maximum atomic E-state index is 11.7. The third-order valence-corrected chi connectivity index (χ3v) is 3.02. The van der Waals surface area contributed by atoms with Crippen LogP contribution in [0.1, 0.15) is 38.3 Å². The molecule has 0 spiro atoms. The Hall–Kier alpha value is -1.35. The van der Waals surface area contributed by atoms with Crippen molar-refractivity contribution >= 4 is 5.97 Å². The molecule has 1 unspecified atom stereocenters. The van der Waals surface area contributed by atoms with Crippen molar-refractivity contribution in [3.63, 3.8) is 0 Å². The first-order chi connectivity index (χ1) is 8.72. The minimum Gasteiger partial charge on any atom is -0.465 e. The fraction of sp³-hybridized carbons (Fsp3) is 0.533. The van der Waals surface area contributed by atoms with Crippen molar-refractivity contribution in [2.45, 2.75) is 46.2 Å². The van der Waals surface area contributed by atoms with Gasteiger partial charge in [-0.25, -0.2) is 0 Å². The lowest BCUT2D eigenvalue weighted by Gasteiger charge is -2.16. The molecule has 18 heavy (non-hydrogen) atoms. The van der Waals surface area contributed by atoms with Crippen molar-refractivity contribution in [2.24, 2.45) is 0 Å². The van der Waals surface area contributed by atoms with E-state index in [1.165, 1.54) is 11.1 Å². The lowest BCUT2D eigenvalue weighted by molar-refractivity contribution is -0.145. The number of hydrogen-bond acceptors (Lipinski definition) is 3. The second-order valence-electron chi connectivity index (χ2n) is 4.22. The van der Waals surface area contributed by atoms with E-state index in [1.807, 2.05) is 26.0 Å². The van der Waals surface area contributed by atoms with Crippen molar-refractivity contribution < 1.29 is 9.53 Å². The molecule has 1 N–H and O–H groups in total. The summed E-state index contributed by atoms with van der Waals surface area (Å²) in [5.74, 6) is -0.158. The van der Waals surface area contributed by atoms with Crippen LogP contribution in [0, 0.1) is 0 Å². The minimum absolute atomic E-state index is 0.158. The van der Waals surface area contributed by atoms with Crippen molar-refractivity contribution in [3.8, 4) is 0 Å². The Balaban J connectivity index is 2.59. The molecule has 0 radical (unpaired) electrons. The quantitative estimate of drug-likeness (QED) is 0.755. The van der Waals surface area contributed by atoms with E-state index in [2.05, 4.69) is 24.4 Å². The van der Waals surface area contributed by atoms with Gasteiger partial charge in [-0.1, -0.05) is 38.1 Å². The number of hydrogen-bond donors (Lipinski definition) is 1. The van der Waals surface area contributed by atoms with Crippen molar-refractivity contribution in [1.29, 1.82) is 0 Å². The van der Waals surface area contributed by atoms with Crippen LogP contribution in [0.25, 0.3) is 0 Å². The topological polar surface area (TPSA) is 38.3 Å². The van der Waals surface area contributed by atoms with Crippen LogP contribution in [0.4, 0.5) is 0 Å². The van der Waals surface area contributed by atoms with Crippen LogP contribution in [0.3, 0.4) is 0 Å². The molecule has 1 aromatic rings. The predicted octanol–water partition coefficient (Wildman–Crippen LogP) is 2.68. The Kier molecular flexibility index (Phi) is 6.44. The molecule has 0 bridgehead atoms. The van der Waals surface area contributed by atoms with Crippen molar-refractivity contribution in [3.05, 3.63) is 35.4 Å². The first kappa shape index (κ1) is 14.7. The zero-order chi connectivity index (χ0) is 13.4. The molecule has 0 amide bonds. The highest BCUT2D eigenvalue weighted by molar-refractivity contribution is 5.75. The average molecular weight is 249 g/mol. The molecule has 0 heterocycles. The Morgan fingerprint density at radius 3 is 2.44 bits per heavy atom. The molecule has 100 valence electrons. The monoisotopic (exact) mass is 249 g/mol. The summed E-state index contributed by atoms with van der Waals surface area (Å²) in [5, 5.41) is 3.27. The molecule has 0 fully saturated rings. The molecule has 1 atom stereocenters. The van der Waals surface area contributed by atoms with E-state index in [4.69, 9.17) is 4.74 Å². The van der Waals surface area contributed by atoms with Crippen LogP contribution in [-0.2, 0) is 22.5 Å². The van der Waals surface area contributed by atoms with E-state index >= 15 is 0 Å². The van der Waals surface area contributed by atoms with Gasteiger partial charge in [-0.2, -0.15) is 0 Å². The van der Waals surface area contributed by atoms with Crippen LogP contribution in [0.2, 0.25) is 0 Å². The second-order valence-corrected chi connectivity index (χ2v) is 4.22. The van der Waals surface area contributed by atoms with Crippen molar-refractivity contribution in [2.75, 3.05) is 6.61 Å². The second kappa shape index (κ2) is 7.88. The Bertz CT molecular complexity index is 377. The van der Waals surface area contributed by atoms with Gasteiger partial charge in [0, 0.05) is 6.54 Å². The fourth-order valence-corrected chi connectivity index (χ4v) is 1.95. The molecule has 1 rings (SSSR count). The normalized spacial score (nSPS) is 12.2. The number of carbonyl (C=O) groups excluding carboxylic acids is 1. The largest absolute Gasteiger partial charge is 0.465 e. The number of nitrogens with one attached hydrogen (secondary N) is 1. The van der Waals surface area contributed by atoms with Gasteiger partial charge in [-0.3, -0.25) is 4.79 Å². The van der Waals surface area contributed by atoms with Gasteiger partial charge in [0.1, 0.15) is 6.04 Å². The number of rotatable bonds is 7. The summed E-state index contributed by atoms with van der Waals surface area (Å²) in [6.45, 7) is 7.10. The minimum atomic E-state index is -0.213. The molecule has 0 aromatic heterocycles. The van der Waals surface area contributed by atoms with E-state index in [-0.39, 0.29) is 12.0 Å². The van der Waals surface area contributed by atoms with Gasteiger partial charge in [-0.05, 0) is 30.9 Å². The van der Waals surface area contributed by atoms with Gasteiger partial charge in [0.2, 0.25) is 0 Å². The van der Waals surface area contributed by atoms with Crippen LogP contribution in [-0.4, -0.2) is 18.6 Å². The number of aryl methyl sites for hydroxylation is 1. The summed E-state index contributed by atoms with van der Waals surface area (Å²) in [7, 11) is 0. The van der Waals surface area contributed by atoms with E-state index in [0.29, 0.717) is 13.2 Å². The van der Waals surface area contributed by atoms with E-state index in [1.54, 1.807) is 0 Å². The highest BCUT2D eigenvalue weighted by Gasteiger charge is 2.16. The van der Waals surface area contributed by atoms with Gasteiger partial charge >= 0.3 is 5.97 Å². The van der Waals surface area contributed by atoms with Gasteiger partial charge in [0.25, 0.3) is 0 Å². The van der Waals surface area contributed by atoms with Crippen molar-refractivity contribution in [1.82, 2.24) is 5.32 Å². The fourth-order valence-electron chi connectivity index (χ4n) is 1.95. The van der Waals surface area contributed by atoms with E-state index in [0.717, 1.165) is 12.8 Å². The number of ether oxygens (including phenoxy) is 1. The highest BCUT2D eigenvalue weighted by atomic mass is 16.5. The molecular weight excluding hydrogens is 226 g/mol. The summed E-state index contributed by atoms with van der Waals surface area (Å²) >= 11 is 0. The molecule has 3 nitrogen and oxygen atoms in total. The molecule has 0 saturated carbocycles. The lowest BCUT2D eigenvalue weighted by Crippen LogP contribution is -2.37. The first-order valence-electron chi connectivity index (χ1n) is 6.69. The lowest BCUT2D eigenvalue weighted by atomic mass is 10.0. The van der Waals surface area contributed by atoms with E-state index in [9.17, 15) is 4.79 Å². The zero-order valence-corrected chi connectivity index (χ0v) is 11.5. The molecule has 3 heteroatoms. The molecule has 0 saturated heterocycles. The average Bonchev–Trinajstić information content (AvgIpc) is 2.40. The number of esters is 1. The Labute approximate surface area is 110 Å². The van der Waals surface area contributed by atoms with Crippen LogP contribution in [0.15, 0.2) is 24.3 Å². The third kappa shape index (κ3) is 4.15. The van der Waals surface area contributed by atoms with Crippen LogP contribution >= 0.6 is 0 Å². The molecule has 0 aliphatic heterocycles. The van der Waals surface area contributed by atoms with Crippen LogP contribution in [0.5, 0.6) is 0 Å². The van der Waals surface area contributed by atoms with Gasteiger partial charge in [0.05, 0.1) is 6.61 Å². The van der Waals surface area contributed by atoms with Gasteiger partial charge < -0.3 is 10.1 Å². The Morgan fingerprint density at radius 1 is 1.22 bits per heavy atom. The maximum Gasteiger partial charge on any atom is 0.323 e. The van der Waals surface area contributed by atoms with E-state index < -0.39 is 0 Å². The van der Waals surface area contributed by atoms with Crippen LogP contribution < -0.4 is 5.32 Å². The highest BCUT2D eigenvalue weighted by Crippen LogP contribution is 2.09. The van der Waals surface area contributed by atoms with Gasteiger partial charge in [0.15, 0.2) is 0 Å². The standard InChI is InChI=1S/C15H23NO2/c1-4-12-9-7-8-10-13(12)11-16-14(5-2)15(17)18-6-3/h7-10,14,16H,4-6,11H2,1-3H3. The smallest absolute Gasteiger partial charge is 0.323 e. The summed E-state index contributed by atoms with van der Waals surface area (Å²) in [6.07, 6.45) is 1.75. The Morgan fingerprint density at radius 2 is 1.89 bits per heavy atom. The van der Waals surface area contributed by atoms with Gasteiger partial charge in [-0.15, -0.1) is 0 Å². The molecule has 0 aliphatic carbocycles. The summed E-state index contributed by atoms with van der Waals surface area (Å²) in [4.78, 5) is 11.7. The molecule has 1 aromatic carbocycles. The first-order valence-corrected chi connectivity index (χ1v) is 6.69. The maximum absolute atomic E-state index is 11.7. The predicted molar refractivity (Wildman–Crippen MR) is 73.4 cm³/mol. The third-order valence-electron chi connectivity index (χ3n) is 3.02. The summed E-state index contributed by atoms with van der Waals surface area (Å²) in [5.41, 5.74) is 2.58. The SMILES string of the molecule is CCOC(=O)C(CC)NCc1ccccc1CC. The zero-order valence-electron chi connectivity index (χ0n) is 11.5. The summed E-state index contributed by atoms with van der Waals surface area (Å²) < 4.78 is 5.04. The molecular formula is C15H23NO2. The number of benzene rings is 1. The number of carbonyl (C=O) groups is 1.